The van der Waals surface area contributed by atoms with Crippen molar-refractivity contribution in [3.8, 4) is 0 Å². The lowest BCUT2D eigenvalue weighted by Gasteiger charge is -2.43. The number of rotatable bonds is 10. The summed E-state index contributed by atoms with van der Waals surface area (Å²) >= 11 is 3.51. The first-order valence-electron chi connectivity index (χ1n) is 15.4. The second-order valence-electron chi connectivity index (χ2n) is 13.2. The first-order valence-corrected chi connectivity index (χ1v) is 17.8. The van der Waals surface area contributed by atoms with Gasteiger partial charge in [0.2, 0.25) is 5.85 Å². The van der Waals surface area contributed by atoms with Crippen LogP contribution in [0, 0.1) is 35.5 Å². The van der Waals surface area contributed by atoms with E-state index in [1.54, 1.807) is 24.3 Å². The van der Waals surface area contributed by atoms with Crippen LogP contribution in [0.5, 0.6) is 0 Å². The maximum absolute atomic E-state index is 15.5. The van der Waals surface area contributed by atoms with E-state index in [2.05, 4.69) is 57.5 Å². The summed E-state index contributed by atoms with van der Waals surface area (Å²) in [4.78, 5) is 13.5. The molecule has 0 radical (unpaired) electrons. The van der Waals surface area contributed by atoms with Gasteiger partial charge in [0.05, 0.1) is 17.8 Å². The fraction of sp³-hybridized carbons (Fsp3) is 0.618. The molecule has 0 heterocycles. The van der Waals surface area contributed by atoms with Crippen molar-refractivity contribution in [2.24, 2.45) is 35.5 Å². The highest BCUT2D eigenvalue weighted by Crippen LogP contribution is 2.66. The number of ether oxygens (including phenoxy) is 1. The van der Waals surface area contributed by atoms with Crippen LogP contribution in [0.1, 0.15) is 102 Å². The van der Waals surface area contributed by atoms with Gasteiger partial charge >= 0.3 is 13.6 Å². The van der Waals surface area contributed by atoms with E-state index in [0.29, 0.717) is 34.8 Å². The normalized spacial score (nSPS) is 29.2. The smallest absolute Gasteiger partial charge is 0.376 e. The summed E-state index contributed by atoms with van der Waals surface area (Å²) in [5, 5.41) is 0. The second kappa shape index (κ2) is 14.3. The first kappa shape index (κ1) is 32.5. The molecule has 2 saturated carbocycles. The van der Waals surface area contributed by atoms with Gasteiger partial charge in [0, 0.05) is 10.0 Å². The number of carbonyl (C=O) groups excluding carboxylic acids is 1. The fourth-order valence-corrected chi connectivity index (χ4v) is 9.21. The Labute approximate surface area is 255 Å². The Balaban J connectivity index is 1.79. The van der Waals surface area contributed by atoms with Gasteiger partial charge in [-0.15, -0.1) is 0 Å². The van der Waals surface area contributed by atoms with E-state index < -0.39 is 19.4 Å². The highest BCUT2D eigenvalue weighted by atomic mass is 79.9. The zero-order valence-corrected chi connectivity index (χ0v) is 28.0. The van der Waals surface area contributed by atoms with E-state index in [-0.39, 0.29) is 24.0 Å². The van der Waals surface area contributed by atoms with Crippen molar-refractivity contribution < 1.29 is 23.1 Å². The van der Waals surface area contributed by atoms with Crippen LogP contribution >= 0.6 is 23.5 Å². The number of hydrogen-bond donors (Lipinski definition) is 0. The summed E-state index contributed by atoms with van der Waals surface area (Å²) in [6.07, 6.45) is 5.43. The van der Waals surface area contributed by atoms with Gasteiger partial charge in [-0.25, -0.2) is 4.79 Å². The molecule has 0 saturated heterocycles. The van der Waals surface area contributed by atoms with E-state index in [0.717, 1.165) is 43.0 Å². The lowest BCUT2D eigenvalue weighted by molar-refractivity contribution is -0.0207. The summed E-state index contributed by atoms with van der Waals surface area (Å²) in [6.45, 7) is 13.3. The molecule has 7 heteroatoms. The molecule has 0 amide bonds. The fourth-order valence-electron chi connectivity index (χ4n) is 6.67. The van der Waals surface area contributed by atoms with Crippen LogP contribution in [-0.2, 0) is 18.3 Å². The van der Waals surface area contributed by atoms with Crippen LogP contribution in [-0.4, -0.2) is 18.2 Å². The molecule has 2 aromatic rings. The van der Waals surface area contributed by atoms with Gasteiger partial charge in [0.25, 0.3) is 0 Å². The molecule has 2 aromatic carbocycles. The van der Waals surface area contributed by atoms with Crippen molar-refractivity contribution in [2.45, 2.75) is 98.1 Å². The van der Waals surface area contributed by atoms with Crippen LogP contribution in [0.4, 0.5) is 0 Å². The molecule has 41 heavy (non-hydrogen) atoms. The molecule has 2 aliphatic rings. The molecule has 4 rings (SSSR count). The molecule has 0 aromatic heterocycles. The minimum atomic E-state index is -4.04. The second-order valence-corrected chi connectivity index (χ2v) is 16.0. The van der Waals surface area contributed by atoms with Crippen LogP contribution in [0.25, 0.3) is 0 Å². The molecule has 2 fully saturated rings. The van der Waals surface area contributed by atoms with Gasteiger partial charge in [-0.3, -0.25) is 4.57 Å². The molecule has 226 valence electrons. The first-order chi connectivity index (χ1) is 19.5. The minimum Gasteiger partial charge on any atom is -0.441 e. The number of hydrogen-bond acceptors (Lipinski definition) is 5. The largest absolute Gasteiger partial charge is 0.441 e. The topological polar surface area (TPSA) is 61.8 Å². The maximum Gasteiger partial charge on any atom is 0.376 e. The highest BCUT2D eigenvalue weighted by Gasteiger charge is 2.49. The molecule has 0 bridgehead atoms. The number of halogens is 1. The predicted octanol–water partition coefficient (Wildman–Crippen LogP) is 10.5. The summed E-state index contributed by atoms with van der Waals surface area (Å²) in [7, 11) is -4.04. The number of benzene rings is 2. The molecule has 8 atom stereocenters. The van der Waals surface area contributed by atoms with Crippen molar-refractivity contribution in [3.63, 3.8) is 0 Å². The van der Waals surface area contributed by atoms with E-state index >= 15 is 4.57 Å². The minimum absolute atomic E-state index is 0.239. The molecule has 1 unspecified atom stereocenters. The third-order valence-corrected chi connectivity index (χ3v) is 11.8. The quantitative estimate of drug-likeness (QED) is 0.190. The van der Waals surface area contributed by atoms with Gasteiger partial charge in [0.1, 0.15) is 0 Å². The van der Waals surface area contributed by atoms with E-state index in [4.69, 9.17) is 13.8 Å². The SMILES string of the molecule is CC(C)[C@H]1CC[C@@H](C)C[C@H]1OP(=O)(O[C@@H]1C[C@H](C)CC[C@H]1C(C)C)[C@H](OC(=O)c1ccccc1)c1ccc(Br)cc1. The van der Waals surface area contributed by atoms with Crippen LogP contribution < -0.4 is 0 Å². The summed E-state index contributed by atoms with van der Waals surface area (Å²) in [6, 6.07) is 16.3. The van der Waals surface area contributed by atoms with Crippen LogP contribution in [0.3, 0.4) is 0 Å². The molecule has 0 N–H and O–H groups in total. The van der Waals surface area contributed by atoms with Crippen LogP contribution in [0.15, 0.2) is 59.1 Å². The Bertz CT molecular complexity index is 1130. The van der Waals surface area contributed by atoms with Crippen molar-refractivity contribution in [1.29, 1.82) is 0 Å². The van der Waals surface area contributed by atoms with E-state index in [1.165, 1.54) is 0 Å². The van der Waals surface area contributed by atoms with Crippen molar-refractivity contribution >= 4 is 29.5 Å². The zero-order chi connectivity index (χ0) is 29.7. The molecular formula is C34H48BrO5P. The third kappa shape index (κ3) is 8.34. The van der Waals surface area contributed by atoms with Crippen molar-refractivity contribution in [3.05, 3.63) is 70.2 Å². The predicted molar refractivity (Wildman–Crippen MR) is 169 cm³/mol. The van der Waals surface area contributed by atoms with Crippen LogP contribution in [0.2, 0.25) is 0 Å². The molecule has 0 aliphatic heterocycles. The molecule has 5 nitrogen and oxygen atoms in total. The monoisotopic (exact) mass is 646 g/mol. The summed E-state index contributed by atoms with van der Waals surface area (Å²) in [5.74, 6) is 0.446. The standard InChI is InChI=1S/C34H48BrO5P/c1-22(2)29-18-12-24(5)20-31(29)39-41(37,40-32-21-25(6)13-19-30(32)23(3)4)34(27-14-16-28(35)17-15-27)38-33(36)26-10-8-7-9-11-26/h7-11,14-17,22-25,29-32,34H,12-13,18-21H2,1-6H3/t24-,25-,29-,30+,31-,32-,34+,41?/m1/s1. The Hall–Kier alpha value is -1.46. The average Bonchev–Trinajstić information content (AvgIpc) is 2.92. The van der Waals surface area contributed by atoms with Gasteiger partial charge in [0.15, 0.2) is 0 Å². The third-order valence-electron chi connectivity index (χ3n) is 9.16. The Morgan fingerprint density at radius 1 is 0.780 bits per heavy atom. The Morgan fingerprint density at radius 2 is 1.27 bits per heavy atom. The van der Waals surface area contributed by atoms with Gasteiger partial charge in [-0.2, -0.15) is 0 Å². The van der Waals surface area contributed by atoms with E-state index in [9.17, 15) is 4.79 Å². The number of esters is 1. The van der Waals surface area contributed by atoms with Crippen molar-refractivity contribution in [2.75, 3.05) is 0 Å². The van der Waals surface area contributed by atoms with E-state index in [1.807, 2.05) is 30.3 Å². The molecule has 0 spiro atoms. The summed E-state index contributed by atoms with van der Waals surface area (Å²) in [5.41, 5.74) is 1.01. The summed E-state index contributed by atoms with van der Waals surface area (Å²) < 4.78 is 36.2. The molecular weight excluding hydrogens is 599 g/mol. The maximum atomic E-state index is 15.5. The van der Waals surface area contributed by atoms with Crippen molar-refractivity contribution in [1.82, 2.24) is 0 Å². The lowest BCUT2D eigenvalue weighted by atomic mass is 9.75. The van der Waals surface area contributed by atoms with Gasteiger partial charge in [-0.1, -0.05) is 101 Å². The molecule has 2 aliphatic carbocycles. The Kier molecular flexibility index (Phi) is 11.4. The average molecular weight is 648 g/mol. The highest BCUT2D eigenvalue weighted by molar-refractivity contribution is 9.10. The Morgan fingerprint density at radius 3 is 1.73 bits per heavy atom. The number of carbonyl (C=O) groups is 1. The van der Waals surface area contributed by atoms with Gasteiger partial charge in [-0.05, 0) is 85.5 Å². The lowest BCUT2D eigenvalue weighted by Crippen LogP contribution is -2.37. The zero-order valence-electron chi connectivity index (χ0n) is 25.5. The van der Waals surface area contributed by atoms with Gasteiger partial charge < -0.3 is 13.8 Å².